The van der Waals surface area contributed by atoms with Crippen molar-refractivity contribution in [1.29, 1.82) is 0 Å². The van der Waals surface area contributed by atoms with Crippen LogP contribution in [0.2, 0.25) is 5.02 Å². The van der Waals surface area contributed by atoms with Crippen LogP contribution in [0.5, 0.6) is 0 Å². The summed E-state index contributed by atoms with van der Waals surface area (Å²) in [6.45, 7) is 2.10. The van der Waals surface area contributed by atoms with Crippen molar-refractivity contribution in [1.82, 2.24) is 5.32 Å². The minimum atomic E-state index is -1.04. The van der Waals surface area contributed by atoms with Gasteiger partial charge in [0.05, 0.1) is 12.5 Å². The Morgan fingerprint density at radius 1 is 1.22 bits per heavy atom. The van der Waals surface area contributed by atoms with E-state index in [0.29, 0.717) is 29.1 Å². The van der Waals surface area contributed by atoms with Gasteiger partial charge in [-0.1, -0.05) is 29.8 Å². The fourth-order valence-corrected chi connectivity index (χ4v) is 3.55. The first kappa shape index (κ1) is 18.9. The van der Waals surface area contributed by atoms with Crippen molar-refractivity contribution in [3.63, 3.8) is 0 Å². The lowest BCUT2D eigenvalue weighted by Gasteiger charge is -2.19. The smallest absolute Gasteiger partial charge is 0.305 e. The molecule has 0 aromatic heterocycles. The second-order valence-electron chi connectivity index (χ2n) is 6.41. The first-order valence-electron chi connectivity index (χ1n) is 8.55. The van der Waals surface area contributed by atoms with Crippen LogP contribution in [0.1, 0.15) is 40.9 Å². The highest BCUT2D eigenvalue weighted by molar-refractivity contribution is 6.31. The summed E-state index contributed by atoms with van der Waals surface area (Å²) >= 11 is 6.17. The maximum Gasteiger partial charge on any atom is 0.305 e. The van der Waals surface area contributed by atoms with Gasteiger partial charge in [0.2, 0.25) is 5.91 Å². The molecule has 1 heterocycles. The molecule has 0 unspecified atom stereocenters. The third-order valence-corrected chi connectivity index (χ3v) is 4.93. The summed E-state index contributed by atoms with van der Waals surface area (Å²) in [5, 5.41) is 12.4. The number of anilines is 1. The molecule has 2 aromatic rings. The largest absolute Gasteiger partial charge is 0.481 e. The molecule has 3 rings (SSSR count). The van der Waals surface area contributed by atoms with Crippen molar-refractivity contribution in [3.05, 3.63) is 64.2 Å². The van der Waals surface area contributed by atoms with E-state index >= 15 is 0 Å². The Morgan fingerprint density at radius 2 is 1.96 bits per heavy atom. The number of nitrogens with one attached hydrogen (secondary N) is 1. The van der Waals surface area contributed by atoms with Gasteiger partial charge < -0.3 is 15.3 Å². The Kier molecular flexibility index (Phi) is 5.46. The van der Waals surface area contributed by atoms with Crippen molar-refractivity contribution in [2.24, 2.45) is 0 Å². The number of fused-ring (bicyclic) bond motifs is 1. The van der Waals surface area contributed by atoms with Crippen molar-refractivity contribution < 1.29 is 19.5 Å². The van der Waals surface area contributed by atoms with Crippen LogP contribution in [0.25, 0.3) is 0 Å². The summed E-state index contributed by atoms with van der Waals surface area (Å²) in [5.74, 6) is -1.46. The minimum Gasteiger partial charge on any atom is -0.481 e. The number of carboxylic acids is 1. The van der Waals surface area contributed by atoms with E-state index in [2.05, 4.69) is 5.32 Å². The van der Waals surface area contributed by atoms with Crippen molar-refractivity contribution in [2.45, 2.75) is 25.8 Å². The first-order chi connectivity index (χ1) is 12.9. The number of rotatable bonds is 5. The van der Waals surface area contributed by atoms with E-state index in [0.717, 1.165) is 11.3 Å². The zero-order valence-electron chi connectivity index (χ0n) is 14.7. The molecule has 0 saturated heterocycles. The van der Waals surface area contributed by atoms with Crippen LogP contribution in [-0.2, 0) is 16.0 Å². The van der Waals surface area contributed by atoms with Crippen molar-refractivity contribution in [3.8, 4) is 0 Å². The quantitative estimate of drug-likeness (QED) is 0.826. The number of nitrogens with zero attached hydrogens (tertiary/aromatic N) is 1. The van der Waals surface area contributed by atoms with E-state index in [9.17, 15) is 19.5 Å². The van der Waals surface area contributed by atoms with Gasteiger partial charge in [-0.05, 0) is 41.8 Å². The van der Waals surface area contributed by atoms with E-state index in [1.807, 2.05) is 0 Å². The first-order valence-corrected chi connectivity index (χ1v) is 8.92. The molecule has 7 heteroatoms. The number of carboxylic acid groups (broad SMARTS) is 1. The minimum absolute atomic E-state index is 0.0359. The number of hydrogen-bond donors (Lipinski definition) is 2. The maximum atomic E-state index is 12.7. The Bertz CT molecular complexity index is 913. The van der Waals surface area contributed by atoms with Crippen LogP contribution < -0.4 is 10.2 Å². The lowest BCUT2D eigenvalue weighted by Crippen LogP contribution is -2.30. The van der Waals surface area contributed by atoms with Crippen LogP contribution in [0.4, 0.5) is 5.69 Å². The number of benzene rings is 2. The predicted octanol–water partition coefficient (Wildman–Crippen LogP) is 3.19. The molecule has 0 saturated carbocycles. The third kappa shape index (κ3) is 4.11. The molecule has 0 spiro atoms. The molecule has 2 N–H and O–H groups in total. The Hall–Kier alpha value is -2.86. The van der Waals surface area contributed by atoms with Gasteiger partial charge in [-0.25, -0.2) is 0 Å². The average Bonchev–Trinajstić information content (AvgIpc) is 3.04. The summed E-state index contributed by atoms with van der Waals surface area (Å²) < 4.78 is 0. The summed E-state index contributed by atoms with van der Waals surface area (Å²) in [6, 6.07) is 11.2. The maximum absolute atomic E-state index is 12.7. The molecule has 27 heavy (non-hydrogen) atoms. The molecular formula is C20H19ClN2O4. The number of hydrogen-bond acceptors (Lipinski definition) is 3. The molecule has 0 bridgehead atoms. The normalized spacial score (nSPS) is 13.8. The van der Waals surface area contributed by atoms with Crippen LogP contribution in [0, 0.1) is 0 Å². The van der Waals surface area contributed by atoms with E-state index in [4.69, 9.17) is 11.6 Å². The van der Waals surface area contributed by atoms with E-state index in [1.165, 1.54) is 6.92 Å². The molecule has 2 amide bonds. The Labute approximate surface area is 161 Å². The molecule has 0 radical (unpaired) electrons. The van der Waals surface area contributed by atoms with Crippen LogP contribution in [0.15, 0.2) is 42.5 Å². The van der Waals surface area contributed by atoms with Crippen LogP contribution in [-0.4, -0.2) is 29.4 Å². The lowest BCUT2D eigenvalue weighted by atomic mass is 10.0. The van der Waals surface area contributed by atoms with Gasteiger partial charge in [-0.15, -0.1) is 0 Å². The topological polar surface area (TPSA) is 86.7 Å². The SMILES string of the molecule is CC(=O)N1CCc2cc(C(=O)N[C@@H](CC(=O)O)c3ccccc3Cl)ccc21. The molecule has 0 aliphatic carbocycles. The zero-order valence-corrected chi connectivity index (χ0v) is 15.5. The highest BCUT2D eigenvalue weighted by atomic mass is 35.5. The van der Waals surface area contributed by atoms with Gasteiger partial charge in [0, 0.05) is 29.7 Å². The second kappa shape index (κ2) is 7.80. The van der Waals surface area contributed by atoms with Gasteiger partial charge in [0.1, 0.15) is 0 Å². The van der Waals surface area contributed by atoms with E-state index in [-0.39, 0.29) is 18.2 Å². The fraction of sp³-hybridized carbons (Fsp3) is 0.250. The summed E-state index contributed by atoms with van der Waals surface area (Å²) in [7, 11) is 0. The van der Waals surface area contributed by atoms with Gasteiger partial charge in [0.15, 0.2) is 0 Å². The number of halogens is 1. The molecular weight excluding hydrogens is 368 g/mol. The average molecular weight is 387 g/mol. The number of carbonyl (C=O) groups excluding carboxylic acids is 2. The van der Waals surface area contributed by atoms with Crippen molar-refractivity contribution in [2.75, 3.05) is 11.4 Å². The zero-order chi connectivity index (χ0) is 19.6. The molecule has 1 aliphatic heterocycles. The monoisotopic (exact) mass is 386 g/mol. The predicted molar refractivity (Wildman–Crippen MR) is 102 cm³/mol. The highest BCUT2D eigenvalue weighted by Crippen LogP contribution is 2.30. The second-order valence-corrected chi connectivity index (χ2v) is 6.82. The third-order valence-electron chi connectivity index (χ3n) is 4.58. The molecule has 0 fully saturated rings. The molecule has 2 aromatic carbocycles. The van der Waals surface area contributed by atoms with Gasteiger partial charge in [0.25, 0.3) is 5.91 Å². The van der Waals surface area contributed by atoms with Crippen LogP contribution in [0.3, 0.4) is 0 Å². The summed E-state index contributed by atoms with van der Waals surface area (Å²) in [6.07, 6.45) is 0.400. The number of carbonyl (C=O) groups is 3. The number of amides is 2. The van der Waals surface area contributed by atoms with Gasteiger partial charge in [-0.2, -0.15) is 0 Å². The van der Waals surface area contributed by atoms with Crippen molar-refractivity contribution >= 4 is 35.1 Å². The number of aliphatic carboxylic acids is 1. The summed E-state index contributed by atoms with van der Waals surface area (Å²) in [5.41, 5.74) is 2.71. The van der Waals surface area contributed by atoms with E-state index in [1.54, 1.807) is 47.4 Å². The molecule has 1 atom stereocenters. The Balaban J connectivity index is 1.83. The molecule has 6 nitrogen and oxygen atoms in total. The molecule has 140 valence electrons. The molecule has 1 aliphatic rings. The lowest BCUT2D eigenvalue weighted by molar-refractivity contribution is -0.137. The van der Waals surface area contributed by atoms with E-state index < -0.39 is 12.0 Å². The van der Waals surface area contributed by atoms with Gasteiger partial charge in [-0.3, -0.25) is 14.4 Å². The standard InChI is InChI=1S/C20H19ClN2O4/c1-12(24)23-9-8-13-10-14(6-7-18(13)23)20(27)22-17(11-19(25)26)15-4-2-3-5-16(15)21/h2-7,10,17H,8-9,11H2,1H3,(H,22,27)(H,25,26)/t17-/m0/s1. The summed E-state index contributed by atoms with van der Waals surface area (Å²) in [4.78, 5) is 37.3. The fourth-order valence-electron chi connectivity index (χ4n) is 3.28. The van der Waals surface area contributed by atoms with Crippen LogP contribution >= 0.6 is 11.6 Å². The Morgan fingerprint density at radius 3 is 2.63 bits per heavy atom. The van der Waals surface area contributed by atoms with Gasteiger partial charge >= 0.3 is 5.97 Å². The highest BCUT2D eigenvalue weighted by Gasteiger charge is 2.25.